The Kier molecular flexibility index (Phi) is 1.69. The molecule has 5 heteroatoms. The van der Waals surface area contributed by atoms with E-state index in [0.717, 1.165) is 0 Å². The van der Waals surface area contributed by atoms with Crippen molar-refractivity contribution < 1.29 is 19.0 Å². The van der Waals surface area contributed by atoms with Gasteiger partial charge in [-0.25, -0.2) is 0 Å². The summed E-state index contributed by atoms with van der Waals surface area (Å²) in [6.45, 7) is 0. The van der Waals surface area contributed by atoms with Gasteiger partial charge in [0.25, 0.3) is 0 Å². The molecule has 0 amide bonds. The van der Waals surface area contributed by atoms with Crippen LogP contribution in [0.3, 0.4) is 0 Å². The molecule has 1 heterocycles. The summed E-state index contributed by atoms with van der Waals surface area (Å²) >= 11 is 0. The van der Waals surface area contributed by atoms with Crippen molar-refractivity contribution in [2.75, 3.05) is 14.2 Å². The molecule has 0 spiro atoms. The minimum absolute atomic E-state index is 0.118. The highest BCUT2D eigenvalue weighted by Crippen LogP contribution is 2.42. The highest BCUT2D eigenvalue weighted by Gasteiger charge is 2.63. The van der Waals surface area contributed by atoms with Crippen LogP contribution in [-0.4, -0.2) is 38.0 Å². The van der Waals surface area contributed by atoms with E-state index in [-0.39, 0.29) is 17.6 Å². The molecule has 2 N–H and O–H groups in total. The third-order valence-corrected chi connectivity index (χ3v) is 2.45. The highest BCUT2D eigenvalue weighted by atomic mass is 16.7. The molecule has 0 saturated carbocycles. The van der Waals surface area contributed by atoms with Gasteiger partial charge in [-0.1, -0.05) is 0 Å². The van der Waals surface area contributed by atoms with Gasteiger partial charge in [0.05, 0.1) is 5.70 Å². The number of ether oxygens (including phenoxy) is 3. The molecule has 1 unspecified atom stereocenters. The first-order valence-corrected chi connectivity index (χ1v) is 3.93. The monoisotopic (exact) mass is 185 g/mol. The lowest BCUT2D eigenvalue weighted by molar-refractivity contribution is -0.192. The van der Waals surface area contributed by atoms with Crippen LogP contribution >= 0.6 is 0 Å². The summed E-state index contributed by atoms with van der Waals surface area (Å²) in [6.07, 6.45) is 0.480. The summed E-state index contributed by atoms with van der Waals surface area (Å²) in [5, 5.41) is 0. The average Bonchev–Trinajstić information content (AvgIpc) is 2.87. The van der Waals surface area contributed by atoms with Crippen molar-refractivity contribution in [2.45, 2.75) is 18.0 Å². The number of carbonyl (C=O) groups excluding carboxylic acids is 1. The van der Waals surface area contributed by atoms with Crippen LogP contribution in [0.25, 0.3) is 0 Å². The summed E-state index contributed by atoms with van der Waals surface area (Å²) < 4.78 is 15.4. The Morgan fingerprint density at radius 1 is 1.54 bits per heavy atom. The molecule has 0 aromatic rings. The Balaban J connectivity index is 2.38. The van der Waals surface area contributed by atoms with Crippen LogP contribution < -0.4 is 5.73 Å². The number of fused-ring (bicyclic) bond motifs is 1. The SMILES string of the molecule is COC1(OC)C(N)=CC(=O)C2O[C@H]21. The lowest BCUT2D eigenvalue weighted by atomic mass is 9.97. The molecule has 1 fully saturated rings. The van der Waals surface area contributed by atoms with Crippen molar-refractivity contribution >= 4 is 5.78 Å². The predicted molar refractivity (Wildman–Crippen MR) is 42.7 cm³/mol. The number of methoxy groups -OCH3 is 2. The fourth-order valence-corrected chi connectivity index (χ4v) is 1.67. The molecule has 0 aromatic heterocycles. The molecule has 1 aliphatic carbocycles. The Morgan fingerprint density at radius 2 is 2.15 bits per heavy atom. The van der Waals surface area contributed by atoms with Gasteiger partial charge in [-0.3, -0.25) is 4.79 Å². The van der Waals surface area contributed by atoms with Gasteiger partial charge in [0.1, 0.15) is 0 Å². The van der Waals surface area contributed by atoms with E-state index in [0.29, 0.717) is 0 Å². The predicted octanol–water partition coefficient (Wildman–Crippen LogP) is -0.832. The molecule has 2 rings (SSSR count). The van der Waals surface area contributed by atoms with E-state index in [1.54, 1.807) is 0 Å². The summed E-state index contributed by atoms with van der Waals surface area (Å²) in [6, 6.07) is 0. The standard InChI is InChI=1S/C8H11NO4/c1-11-8(12-2)5(9)3-4(10)6-7(8)13-6/h3,6-7H,9H2,1-2H3/t6?,7-/m1/s1. The van der Waals surface area contributed by atoms with Crippen molar-refractivity contribution in [1.29, 1.82) is 0 Å². The average molecular weight is 185 g/mol. The van der Waals surface area contributed by atoms with Crippen molar-refractivity contribution in [3.63, 3.8) is 0 Å². The zero-order valence-corrected chi connectivity index (χ0v) is 7.44. The van der Waals surface area contributed by atoms with Crippen LogP contribution in [0.15, 0.2) is 11.8 Å². The molecule has 0 aromatic carbocycles. The second-order valence-corrected chi connectivity index (χ2v) is 3.06. The quantitative estimate of drug-likeness (QED) is 0.449. The van der Waals surface area contributed by atoms with Gasteiger partial charge in [-0.15, -0.1) is 0 Å². The summed E-state index contributed by atoms with van der Waals surface area (Å²) in [7, 11) is 2.94. The van der Waals surface area contributed by atoms with Gasteiger partial charge >= 0.3 is 0 Å². The maximum atomic E-state index is 11.2. The van der Waals surface area contributed by atoms with Crippen LogP contribution in [-0.2, 0) is 19.0 Å². The lowest BCUT2D eigenvalue weighted by Crippen LogP contribution is -2.49. The van der Waals surface area contributed by atoms with Gasteiger partial charge in [-0.05, 0) is 0 Å². The Morgan fingerprint density at radius 3 is 2.69 bits per heavy atom. The van der Waals surface area contributed by atoms with Crippen molar-refractivity contribution in [1.82, 2.24) is 0 Å². The van der Waals surface area contributed by atoms with E-state index in [2.05, 4.69) is 0 Å². The smallest absolute Gasteiger partial charge is 0.239 e. The number of ketones is 1. The first-order chi connectivity index (χ1) is 6.15. The van der Waals surface area contributed by atoms with Gasteiger partial charge in [0.15, 0.2) is 18.0 Å². The summed E-state index contributed by atoms with van der Waals surface area (Å²) in [5.74, 6) is -1.19. The normalized spacial score (nSPS) is 35.2. The third kappa shape index (κ3) is 0.948. The second-order valence-electron chi connectivity index (χ2n) is 3.06. The molecular formula is C8H11NO4. The lowest BCUT2D eigenvalue weighted by Gasteiger charge is -2.31. The molecule has 0 bridgehead atoms. The second kappa shape index (κ2) is 2.54. The topological polar surface area (TPSA) is 74.1 Å². The van der Waals surface area contributed by atoms with Gasteiger partial charge in [0, 0.05) is 20.3 Å². The van der Waals surface area contributed by atoms with Gasteiger partial charge in [0.2, 0.25) is 5.79 Å². The number of hydrogen-bond donors (Lipinski definition) is 1. The third-order valence-electron chi connectivity index (χ3n) is 2.45. The molecule has 13 heavy (non-hydrogen) atoms. The van der Waals surface area contributed by atoms with E-state index in [9.17, 15) is 4.79 Å². The Labute approximate surface area is 75.4 Å². The number of epoxide rings is 1. The van der Waals surface area contributed by atoms with Crippen LogP contribution in [0, 0.1) is 0 Å². The first-order valence-electron chi connectivity index (χ1n) is 3.93. The van der Waals surface area contributed by atoms with E-state index < -0.39 is 11.9 Å². The summed E-state index contributed by atoms with van der Waals surface area (Å²) in [5.41, 5.74) is 5.92. The van der Waals surface area contributed by atoms with E-state index in [1.165, 1.54) is 20.3 Å². The molecule has 0 radical (unpaired) electrons. The molecule has 72 valence electrons. The molecule has 1 aliphatic heterocycles. The Hall–Kier alpha value is -0.910. The number of hydrogen-bond acceptors (Lipinski definition) is 5. The van der Waals surface area contributed by atoms with Crippen LogP contribution in [0.4, 0.5) is 0 Å². The van der Waals surface area contributed by atoms with Crippen molar-refractivity contribution in [2.24, 2.45) is 5.73 Å². The summed E-state index contributed by atoms with van der Waals surface area (Å²) in [4.78, 5) is 11.2. The number of nitrogens with two attached hydrogens (primary N) is 1. The molecule has 5 nitrogen and oxygen atoms in total. The van der Waals surface area contributed by atoms with E-state index in [4.69, 9.17) is 19.9 Å². The molecular weight excluding hydrogens is 174 g/mol. The van der Waals surface area contributed by atoms with Crippen LogP contribution in [0.5, 0.6) is 0 Å². The minimum atomic E-state index is -1.07. The Bertz CT molecular complexity index is 282. The molecule has 1 saturated heterocycles. The zero-order valence-electron chi connectivity index (χ0n) is 7.44. The van der Waals surface area contributed by atoms with Gasteiger partial charge in [-0.2, -0.15) is 0 Å². The molecule has 2 aliphatic rings. The fourth-order valence-electron chi connectivity index (χ4n) is 1.67. The number of carbonyl (C=O) groups is 1. The van der Waals surface area contributed by atoms with Crippen molar-refractivity contribution in [3.05, 3.63) is 11.8 Å². The van der Waals surface area contributed by atoms with E-state index >= 15 is 0 Å². The molecule has 2 atom stereocenters. The van der Waals surface area contributed by atoms with E-state index in [1.807, 2.05) is 0 Å². The number of rotatable bonds is 2. The van der Waals surface area contributed by atoms with Crippen molar-refractivity contribution in [3.8, 4) is 0 Å². The zero-order chi connectivity index (χ0) is 9.64. The largest absolute Gasteiger partial charge is 0.397 e. The van der Waals surface area contributed by atoms with Crippen LogP contribution in [0.1, 0.15) is 0 Å². The first kappa shape index (κ1) is 8.68. The maximum Gasteiger partial charge on any atom is 0.239 e. The van der Waals surface area contributed by atoms with Gasteiger partial charge < -0.3 is 19.9 Å². The maximum absolute atomic E-state index is 11.2. The fraction of sp³-hybridized carbons (Fsp3) is 0.625. The minimum Gasteiger partial charge on any atom is -0.397 e. The highest BCUT2D eigenvalue weighted by molar-refractivity contribution is 5.98. The van der Waals surface area contributed by atoms with Crippen LogP contribution in [0.2, 0.25) is 0 Å².